The van der Waals surface area contributed by atoms with Crippen molar-refractivity contribution >= 4 is 0 Å². The van der Waals surface area contributed by atoms with Crippen LogP contribution in [0.1, 0.15) is 37.8 Å². The predicted molar refractivity (Wildman–Crippen MR) is 75.7 cm³/mol. The minimum atomic E-state index is -4.32. The van der Waals surface area contributed by atoms with Gasteiger partial charge in [0, 0.05) is 19.6 Å². The molecule has 0 unspecified atom stereocenters. The topological polar surface area (TPSA) is 23.5 Å². The predicted octanol–water partition coefficient (Wildman–Crippen LogP) is 3.69. The number of alkyl halides is 3. The second-order valence-electron chi connectivity index (χ2n) is 6.68. The molecular formula is C16H22F3NO. The Labute approximate surface area is 123 Å². The van der Waals surface area contributed by atoms with Crippen LogP contribution in [0.5, 0.6) is 0 Å². The lowest BCUT2D eigenvalue weighted by atomic mass is 9.87. The van der Waals surface area contributed by atoms with Crippen LogP contribution >= 0.6 is 0 Å². The molecule has 1 N–H and O–H groups in total. The first-order valence-corrected chi connectivity index (χ1v) is 7.23. The van der Waals surface area contributed by atoms with Gasteiger partial charge in [-0.1, -0.05) is 32.0 Å². The second kappa shape index (κ2) is 5.97. The van der Waals surface area contributed by atoms with E-state index in [1.165, 1.54) is 12.1 Å². The van der Waals surface area contributed by atoms with Crippen LogP contribution in [-0.2, 0) is 12.7 Å². The molecule has 0 bridgehead atoms. The van der Waals surface area contributed by atoms with Gasteiger partial charge in [0.1, 0.15) is 0 Å². The maximum Gasteiger partial charge on any atom is 0.416 e. The lowest BCUT2D eigenvalue weighted by molar-refractivity contribution is -0.138. The Bertz CT molecular complexity index is 485. The monoisotopic (exact) mass is 301 g/mol. The van der Waals surface area contributed by atoms with Crippen LogP contribution < -0.4 is 0 Å². The van der Waals surface area contributed by atoms with Crippen molar-refractivity contribution in [1.82, 2.24) is 4.90 Å². The first-order valence-electron chi connectivity index (χ1n) is 7.23. The molecule has 0 saturated carbocycles. The fraction of sp³-hybridized carbons (Fsp3) is 0.625. The average Bonchev–Trinajstić information content (AvgIpc) is 2.46. The fourth-order valence-corrected chi connectivity index (χ4v) is 3.13. The third-order valence-corrected chi connectivity index (χ3v) is 3.94. The van der Waals surface area contributed by atoms with Crippen LogP contribution in [0.25, 0.3) is 0 Å². The van der Waals surface area contributed by atoms with Gasteiger partial charge in [-0.05, 0) is 29.9 Å². The number of hydrogen-bond donors (Lipinski definition) is 1. The number of hydrogen-bond acceptors (Lipinski definition) is 2. The maximum atomic E-state index is 13.0. The van der Waals surface area contributed by atoms with Gasteiger partial charge in [-0.2, -0.15) is 13.2 Å². The van der Waals surface area contributed by atoms with Crippen molar-refractivity contribution in [3.8, 4) is 0 Å². The van der Waals surface area contributed by atoms with Crippen molar-refractivity contribution in [1.29, 1.82) is 0 Å². The molecule has 2 rings (SSSR count). The minimum absolute atomic E-state index is 0.0942. The summed E-state index contributed by atoms with van der Waals surface area (Å²) < 4.78 is 39.1. The summed E-state index contributed by atoms with van der Waals surface area (Å²) in [5.74, 6) is 0. The van der Waals surface area contributed by atoms with Gasteiger partial charge in [0.05, 0.1) is 11.7 Å². The third kappa shape index (κ3) is 4.45. The number of aliphatic hydroxyl groups is 1. The van der Waals surface area contributed by atoms with E-state index in [2.05, 4.69) is 0 Å². The van der Waals surface area contributed by atoms with Crippen LogP contribution in [0.4, 0.5) is 13.2 Å². The molecule has 5 heteroatoms. The molecule has 1 saturated heterocycles. The first-order chi connectivity index (χ1) is 9.67. The zero-order valence-corrected chi connectivity index (χ0v) is 12.5. The Kier molecular flexibility index (Phi) is 4.63. The van der Waals surface area contributed by atoms with E-state index in [1.807, 2.05) is 18.7 Å². The number of benzene rings is 1. The van der Waals surface area contributed by atoms with E-state index < -0.39 is 11.7 Å². The summed E-state index contributed by atoms with van der Waals surface area (Å²) >= 11 is 0. The summed E-state index contributed by atoms with van der Waals surface area (Å²) in [6, 6.07) is 5.73. The van der Waals surface area contributed by atoms with E-state index in [0.717, 1.165) is 6.07 Å². The van der Waals surface area contributed by atoms with Gasteiger partial charge in [0.2, 0.25) is 0 Å². The van der Waals surface area contributed by atoms with Crippen LogP contribution in [0.2, 0.25) is 0 Å². The van der Waals surface area contributed by atoms with Gasteiger partial charge in [-0.15, -0.1) is 0 Å². The molecule has 1 fully saturated rings. The molecule has 1 aliphatic heterocycles. The Morgan fingerprint density at radius 3 is 2.62 bits per heavy atom. The number of nitrogens with zero attached hydrogens (tertiary/aromatic N) is 1. The highest BCUT2D eigenvalue weighted by molar-refractivity contribution is 5.29. The lowest BCUT2D eigenvalue weighted by Gasteiger charge is -2.30. The number of halogens is 3. The van der Waals surface area contributed by atoms with E-state index >= 15 is 0 Å². The molecule has 118 valence electrons. The van der Waals surface area contributed by atoms with Gasteiger partial charge in [-0.25, -0.2) is 0 Å². The number of aliphatic hydroxyl groups excluding tert-OH is 1. The molecule has 1 aromatic rings. The highest BCUT2D eigenvalue weighted by Crippen LogP contribution is 2.34. The van der Waals surface area contributed by atoms with E-state index in [4.69, 9.17) is 0 Å². The Hall–Kier alpha value is -1.07. The fourth-order valence-electron chi connectivity index (χ4n) is 3.13. The molecule has 0 spiro atoms. The first kappa shape index (κ1) is 16.3. The van der Waals surface area contributed by atoms with Gasteiger partial charge in [0.25, 0.3) is 0 Å². The zero-order chi connectivity index (χ0) is 15.7. The van der Waals surface area contributed by atoms with E-state index in [0.29, 0.717) is 31.5 Å². The molecule has 0 aromatic heterocycles. The van der Waals surface area contributed by atoms with E-state index in [9.17, 15) is 18.3 Å². The third-order valence-electron chi connectivity index (χ3n) is 3.94. The van der Waals surface area contributed by atoms with Crippen LogP contribution in [0.3, 0.4) is 0 Å². The van der Waals surface area contributed by atoms with Crippen molar-refractivity contribution in [3.05, 3.63) is 35.4 Å². The molecule has 1 heterocycles. The SMILES string of the molecule is CC1(C)C[C@H](O)CCN(Cc2ccccc2C(F)(F)F)C1. The zero-order valence-electron chi connectivity index (χ0n) is 12.5. The summed E-state index contributed by atoms with van der Waals surface area (Å²) in [5.41, 5.74) is -0.354. The molecular weight excluding hydrogens is 279 g/mol. The number of likely N-dealkylation sites (tertiary alicyclic amines) is 1. The average molecular weight is 301 g/mol. The summed E-state index contributed by atoms with van der Waals surface area (Å²) in [5, 5.41) is 9.89. The molecule has 0 aliphatic carbocycles. The smallest absolute Gasteiger partial charge is 0.393 e. The quantitative estimate of drug-likeness (QED) is 0.900. The Balaban J connectivity index is 2.18. The Morgan fingerprint density at radius 1 is 1.29 bits per heavy atom. The summed E-state index contributed by atoms with van der Waals surface area (Å²) in [4.78, 5) is 2.01. The van der Waals surface area contributed by atoms with Gasteiger partial charge in [0.15, 0.2) is 0 Å². The molecule has 0 amide bonds. The molecule has 2 nitrogen and oxygen atoms in total. The van der Waals surface area contributed by atoms with Crippen molar-refractivity contribution in [2.45, 2.75) is 45.5 Å². The maximum absolute atomic E-state index is 13.0. The van der Waals surface area contributed by atoms with Gasteiger partial charge >= 0.3 is 6.18 Å². The number of rotatable bonds is 2. The summed E-state index contributed by atoms with van der Waals surface area (Å²) in [6.45, 7) is 5.67. The van der Waals surface area contributed by atoms with Crippen molar-refractivity contribution in [2.75, 3.05) is 13.1 Å². The van der Waals surface area contributed by atoms with Crippen molar-refractivity contribution < 1.29 is 18.3 Å². The highest BCUT2D eigenvalue weighted by Gasteiger charge is 2.34. The van der Waals surface area contributed by atoms with Crippen LogP contribution in [-0.4, -0.2) is 29.2 Å². The normalized spacial score (nSPS) is 23.8. The molecule has 1 atom stereocenters. The minimum Gasteiger partial charge on any atom is -0.393 e. The highest BCUT2D eigenvalue weighted by atomic mass is 19.4. The van der Waals surface area contributed by atoms with Gasteiger partial charge in [-0.3, -0.25) is 4.90 Å². The summed E-state index contributed by atoms with van der Waals surface area (Å²) in [6.07, 6.45) is -3.40. The largest absolute Gasteiger partial charge is 0.416 e. The summed E-state index contributed by atoms with van der Waals surface area (Å²) in [7, 11) is 0. The molecule has 1 aliphatic rings. The van der Waals surface area contributed by atoms with Crippen molar-refractivity contribution in [2.24, 2.45) is 5.41 Å². The molecule has 0 radical (unpaired) electrons. The second-order valence-corrected chi connectivity index (χ2v) is 6.68. The van der Waals surface area contributed by atoms with E-state index in [-0.39, 0.29) is 18.1 Å². The lowest BCUT2D eigenvalue weighted by Crippen LogP contribution is -2.33. The van der Waals surface area contributed by atoms with Gasteiger partial charge < -0.3 is 5.11 Å². The van der Waals surface area contributed by atoms with Crippen LogP contribution in [0, 0.1) is 5.41 Å². The molecule has 1 aromatic carbocycles. The Morgan fingerprint density at radius 2 is 1.95 bits per heavy atom. The van der Waals surface area contributed by atoms with Crippen LogP contribution in [0.15, 0.2) is 24.3 Å². The molecule has 21 heavy (non-hydrogen) atoms. The van der Waals surface area contributed by atoms with E-state index in [1.54, 1.807) is 6.07 Å². The standard InChI is InChI=1S/C16H22F3NO/c1-15(2)9-13(21)7-8-20(11-15)10-12-5-3-4-6-14(12)16(17,18)19/h3-6,13,21H,7-11H2,1-2H3/t13-/m1/s1. The van der Waals surface area contributed by atoms with Crippen molar-refractivity contribution in [3.63, 3.8) is 0 Å².